The highest BCUT2D eigenvalue weighted by atomic mass is 16.6. The lowest BCUT2D eigenvalue weighted by atomic mass is 9.91. The summed E-state index contributed by atoms with van der Waals surface area (Å²) in [6.45, 7) is 11.1. The van der Waals surface area contributed by atoms with Gasteiger partial charge in [0, 0.05) is 64.2 Å². The quantitative estimate of drug-likeness (QED) is 0.0336. The number of rotatable bonds is 68. The van der Waals surface area contributed by atoms with Crippen LogP contribution in [0.25, 0.3) is 0 Å². The van der Waals surface area contributed by atoms with E-state index < -0.39 is 11.5 Å². The van der Waals surface area contributed by atoms with E-state index in [1.165, 1.54) is 0 Å². The fourth-order valence-corrected chi connectivity index (χ4v) is 9.06. The van der Waals surface area contributed by atoms with Gasteiger partial charge in [-0.3, -0.25) is 52.7 Å². The summed E-state index contributed by atoms with van der Waals surface area (Å²) >= 11 is 0. The molecule has 0 saturated carbocycles. The van der Waals surface area contributed by atoms with Crippen LogP contribution in [0.2, 0.25) is 0 Å². The molecule has 0 aromatic carbocycles. The smallest absolute Gasteiger partial charge is 0.407 e. The summed E-state index contributed by atoms with van der Waals surface area (Å²) in [6, 6.07) is 0. The minimum Gasteiger partial charge on any atom is -0.466 e. The fourth-order valence-electron chi connectivity index (χ4n) is 9.06. The number of ether oxygens (including phenoxy) is 12. The summed E-state index contributed by atoms with van der Waals surface area (Å²) in [6.07, 6.45) is 24.9. The molecule has 0 aromatic rings. The molecule has 0 aromatic heterocycles. The molecular formula is C73H125NO24. The summed E-state index contributed by atoms with van der Waals surface area (Å²) < 4.78 is 63.0. The highest BCUT2D eigenvalue weighted by Gasteiger charge is 2.27. The van der Waals surface area contributed by atoms with E-state index in [1.54, 1.807) is 13.8 Å². The second-order valence-corrected chi connectivity index (χ2v) is 25.1. The molecule has 0 aliphatic rings. The summed E-state index contributed by atoms with van der Waals surface area (Å²) in [7, 11) is 0. The number of amides is 1. The minimum absolute atomic E-state index is 0.0687. The van der Waals surface area contributed by atoms with E-state index >= 15 is 0 Å². The lowest BCUT2D eigenvalue weighted by Gasteiger charge is -2.20. The van der Waals surface area contributed by atoms with E-state index in [2.05, 4.69) is 5.32 Å². The van der Waals surface area contributed by atoms with Gasteiger partial charge in [-0.1, -0.05) is 20.3 Å². The normalized spacial score (nSPS) is 11.0. The van der Waals surface area contributed by atoms with Crippen LogP contribution >= 0.6 is 0 Å². The van der Waals surface area contributed by atoms with Crippen molar-refractivity contribution >= 4 is 71.8 Å². The highest BCUT2D eigenvalue weighted by Crippen LogP contribution is 2.21. The molecule has 0 unspecified atom stereocenters. The first-order valence-electron chi connectivity index (χ1n) is 37.0. The summed E-state index contributed by atoms with van der Waals surface area (Å²) in [5, 5.41) is 2.53. The Hall–Kier alpha value is -6.56. The first-order chi connectivity index (χ1) is 47.4. The number of carbonyl (C=O) groups is 12. The molecule has 0 aliphatic heterocycles. The van der Waals surface area contributed by atoms with Crippen molar-refractivity contribution < 1.29 is 114 Å². The largest absolute Gasteiger partial charge is 0.466 e. The van der Waals surface area contributed by atoms with Gasteiger partial charge >= 0.3 is 71.8 Å². The highest BCUT2D eigenvalue weighted by molar-refractivity contribution is 5.76. The summed E-state index contributed by atoms with van der Waals surface area (Å²) in [4.78, 5) is 144. The molecule has 25 nitrogen and oxygen atoms in total. The van der Waals surface area contributed by atoms with Crippen molar-refractivity contribution in [2.24, 2.45) is 5.41 Å². The molecule has 0 fully saturated rings. The Balaban J connectivity index is 3.53. The Morgan fingerprint density at radius 3 is 0.592 bits per heavy atom. The average Bonchev–Trinajstić information content (AvgIpc) is 1.07. The lowest BCUT2D eigenvalue weighted by Crippen LogP contribution is -2.32. The van der Waals surface area contributed by atoms with Crippen molar-refractivity contribution in [2.75, 3.05) is 85.8 Å². The molecule has 0 radical (unpaired) electrons. The molecule has 566 valence electrons. The number of nitrogens with one attached hydrogen (secondary N) is 1. The number of hydrogen-bond acceptors (Lipinski definition) is 24. The molecule has 1 N–H and O–H groups in total. The van der Waals surface area contributed by atoms with Crippen LogP contribution in [0.1, 0.15) is 304 Å². The van der Waals surface area contributed by atoms with Gasteiger partial charge in [-0.2, -0.15) is 0 Å². The van der Waals surface area contributed by atoms with Crippen LogP contribution in [-0.2, 0) is 110 Å². The van der Waals surface area contributed by atoms with E-state index in [0.717, 1.165) is 38.5 Å². The first kappa shape index (κ1) is 91.4. The van der Waals surface area contributed by atoms with Gasteiger partial charge < -0.3 is 62.2 Å². The van der Waals surface area contributed by atoms with E-state index in [1.807, 2.05) is 13.8 Å². The first-order valence-corrected chi connectivity index (χ1v) is 37.0. The average molecular weight is 1400 g/mol. The zero-order chi connectivity index (χ0) is 72.2. The van der Waals surface area contributed by atoms with Gasteiger partial charge in [0.1, 0.15) is 6.61 Å². The molecule has 1 amide bonds. The fraction of sp³-hybridized carbons (Fsp3) is 0.836. The third-order valence-electron chi connectivity index (χ3n) is 15.7. The molecule has 98 heavy (non-hydrogen) atoms. The minimum atomic E-state index is -0.589. The lowest BCUT2D eigenvalue weighted by molar-refractivity contribution is -0.154. The zero-order valence-electron chi connectivity index (χ0n) is 60.4. The number of unbranched alkanes of at least 4 members (excludes halogenated alkanes) is 21. The topological polar surface area (TPSA) is 328 Å². The SMILES string of the molecule is CCCCOC(=O)CCCCCOC(=O)CCCCCOC(=O)CCCCCOC(=O)CCCCCOC(=O)CCCCCOC(=O)CCCCCOC(=O)CCCCCOC(=O)CCCCCOC(=O)CCCCCOC(=O)CCCCCOC(=O)NCCOC(=O)C(C)(C)CC. The van der Waals surface area contributed by atoms with Crippen LogP contribution in [-0.4, -0.2) is 158 Å². The van der Waals surface area contributed by atoms with Crippen molar-refractivity contribution in [2.45, 2.75) is 304 Å². The van der Waals surface area contributed by atoms with Crippen LogP contribution in [0.15, 0.2) is 0 Å². The summed E-state index contributed by atoms with van der Waals surface area (Å²) in [5.74, 6) is -3.01. The predicted molar refractivity (Wildman–Crippen MR) is 364 cm³/mol. The van der Waals surface area contributed by atoms with E-state index in [-0.39, 0.29) is 170 Å². The van der Waals surface area contributed by atoms with E-state index in [9.17, 15) is 57.5 Å². The maximum atomic E-state index is 12.1. The molecule has 0 atom stereocenters. The van der Waals surface area contributed by atoms with Crippen LogP contribution in [0.4, 0.5) is 4.79 Å². The van der Waals surface area contributed by atoms with Gasteiger partial charge in [0.25, 0.3) is 0 Å². The van der Waals surface area contributed by atoms with Crippen molar-refractivity contribution in [3.8, 4) is 0 Å². The standard InChI is InChI=1S/C73H125NO24/c1-5-7-49-87-61(75)38-18-8-28-50-88-62(76)39-19-9-29-51-89-63(77)40-20-10-30-52-90-64(78)41-21-11-31-53-91-65(79)42-22-12-32-54-92-66(80)43-23-13-33-55-93-67(81)44-24-14-34-56-94-68(82)45-25-15-35-57-95-69(83)46-26-16-36-58-96-70(84)47-27-17-37-59-98-72(86)74-48-60-97-71(85)73(3,4)6-2/h5-60H2,1-4H3,(H,74,86). The van der Waals surface area contributed by atoms with Crippen molar-refractivity contribution in [1.82, 2.24) is 5.32 Å². The van der Waals surface area contributed by atoms with Crippen molar-refractivity contribution in [3.63, 3.8) is 0 Å². The predicted octanol–water partition coefficient (Wildman–Crippen LogP) is 13.5. The molecule has 0 saturated heterocycles. The third-order valence-corrected chi connectivity index (χ3v) is 15.7. The number of carbonyl (C=O) groups excluding carboxylic acids is 12. The van der Waals surface area contributed by atoms with E-state index in [4.69, 9.17) is 56.8 Å². The Labute approximate surface area is 584 Å². The number of alkyl carbamates (subject to hydrolysis) is 1. The molecule has 0 bridgehead atoms. The maximum Gasteiger partial charge on any atom is 0.407 e. The Kier molecular flexibility index (Phi) is 61.9. The molecule has 0 aliphatic carbocycles. The van der Waals surface area contributed by atoms with Crippen LogP contribution in [0, 0.1) is 5.41 Å². The Morgan fingerprint density at radius 1 is 0.224 bits per heavy atom. The number of hydrogen-bond donors (Lipinski definition) is 1. The van der Waals surface area contributed by atoms with Gasteiger partial charge in [-0.05, 0) is 219 Å². The molecule has 0 rings (SSSR count). The van der Waals surface area contributed by atoms with Gasteiger partial charge in [0.15, 0.2) is 0 Å². The van der Waals surface area contributed by atoms with Crippen LogP contribution in [0.3, 0.4) is 0 Å². The van der Waals surface area contributed by atoms with Gasteiger partial charge in [0.2, 0.25) is 0 Å². The third kappa shape index (κ3) is 64.1. The van der Waals surface area contributed by atoms with Crippen LogP contribution < -0.4 is 5.32 Å². The molecule has 0 spiro atoms. The zero-order valence-corrected chi connectivity index (χ0v) is 60.4. The molecule has 0 heterocycles. The molecular weight excluding hydrogens is 1270 g/mol. The molecule has 25 heteroatoms. The van der Waals surface area contributed by atoms with Crippen molar-refractivity contribution in [1.29, 1.82) is 0 Å². The second-order valence-electron chi connectivity index (χ2n) is 25.1. The Bertz CT molecular complexity index is 2150. The number of esters is 11. The summed E-state index contributed by atoms with van der Waals surface area (Å²) in [5.41, 5.74) is -0.566. The van der Waals surface area contributed by atoms with Gasteiger partial charge in [-0.25, -0.2) is 4.79 Å². The second kappa shape index (κ2) is 66.3. The maximum absolute atomic E-state index is 12.1. The van der Waals surface area contributed by atoms with E-state index in [0.29, 0.717) is 219 Å². The van der Waals surface area contributed by atoms with Gasteiger partial charge in [0.05, 0.1) is 84.6 Å². The van der Waals surface area contributed by atoms with Gasteiger partial charge in [-0.15, -0.1) is 0 Å². The van der Waals surface area contributed by atoms with Crippen LogP contribution in [0.5, 0.6) is 0 Å². The Morgan fingerprint density at radius 2 is 0.408 bits per heavy atom. The van der Waals surface area contributed by atoms with Crippen molar-refractivity contribution in [3.05, 3.63) is 0 Å². The monoisotopic (exact) mass is 1400 g/mol.